The first-order valence-electron chi connectivity index (χ1n) is 11.3. The molecule has 0 aliphatic rings. The molecule has 1 heterocycles. The number of carbonyl (C=O) groups is 3. The lowest BCUT2D eigenvalue weighted by atomic mass is 10.1. The Balaban J connectivity index is 2.00. The molecule has 36 heavy (non-hydrogen) atoms. The number of fused-ring (bicyclic) bond motifs is 1. The van der Waals surface area contributed by atoms with Gasteiger partial charge in [-0.25, -0.2) is 4.98 Å². The summed E-state index contributed by atoms with van der Waals surface area (Å²) in [6.45, 7) is 2.42. The van der Waals surface area contributed by atoms with Crippen LogP contribution in [0.15, 0.2) is 18.2 Å². The number of benzene rings is 1. The zero-order valence-corrected chi connectivity index (χ0v) is 23.2. The number of nitrogens with zero attached hydrogens (tertiary/aromatic N) is 2. The van der Waals surface area contributed by atoms with Crippen LogP contribution in [0.5, 0.6) is 0 Å². The second-order valence-electron chi connectivity index (χ2n) is 7.74. The number of nitrogens with two attached hydrogens (primary N) is 2. The summed E-state index contributed by atoms with van der Waals surface area (Å²) in [7, 11) is 3.13. The molecule has 0 saturated heterocycles. The smallest absolute Gasteiger partial charge is 0.246 e. The predicted octanol–water partition coefficient (Wildman–Crippen LogP) is 1.86. The number of amides is 3. The summed E-state index contributed by atoms with van der Waals surface area (Å²) in [5.41, 5.74) is 12.9. The van der Waals surface area contributed by atoms with Crippen LogP contribution in [-0.2, 0) is 14.4 Å². The maximum absolute atomic E-state index is 13.1. The summed E-state index contributed by atoms with van der Waals surface area (Å²) in [6, 6.07) is 4.96. The fourth-order valence-corrected chi connectivity index (χ4v) is 5.76. The first-order valence-corrected chi connectivity index (χ1v) is 15.3. The number of unbranched alkanes of at least 4 members (excludes halogenated alkanes) is 1. The zero-order valence-electron chi connectivity index (χ0n) is 19.9. The van der Waals surface area contributed by atoms with Crippen LogP contribution >= 0.6 is 45.6 Å². The summed E-state index contributed by atoms with van der Waals surface area (Å²) in [4.78, 5) is 41.7. The van der Waals surface area contributed by atoms with Crippen molar-refractivity contribution in [1.29, 1.82) is 5.26 Å². The van der Waals surface area contributed by atoms with E-state index in [1.807, 2.05) is 13.0 Å². The van der Waals surface area contributed by atoms with Gasteiger partial charge in [-0.05, 0) is 37.5 Å². The van der Waals surface area contributed by atoms with Crippen LogP contribution in [0, 0.1) is 11.3 Å². The molecule has 0 aliphatic heterocycles. The van der Waals surface area contributed by atoms with Crippen LogP contribution in [0.4, 0.5) is 5.69 Å². The van der Waals surface area contributed by atoms with E-state index in [0.717, 1.165) is 10.5 Å². The lowest BCUT2D eigenvalue weighted by Gasteiger charge is -2.21. The maximum atomic E-state index is 13.1. The van der Waals surface area contributed by atoms with Gasteiger partial charge in [0, 0.05) is 29.5 Å². The Kier molecular flexibility index (Phi) is 13.4. The fraction of sp³-hybridized carbons (Fsp3) is 0.500. The molecule has 3 atom stereocenters. The molecule has 0 saturated carbocycles. The number of nitrogens with one attached hydrogen (secondary N) is 3. The number of hydrogen-bond acceptors (Lipinski definition) is 11. The van der Waals surface area contributed by atoms with Gasteiger partial charge in [-0.15, -0.1) is 11.3 Å². The monoisotopic (exact) mass is 569 g/mol. The van der Waals surface area contributed by atoms with Crippen LogP contribution in [-0.4, -0.2) is 64.6 Å². The van der Waals surface area contributed by atoms with Crippen LogP contribution in [0.2, 0.25) is 0 Å². The maximum Gasteiger partial charge on any atom is 0.246 e. The summed E-state index contributed by atoms with van der Waals surface area (Å²) in [5, 5.41) is 17.7. The summed E-state index contributed by atoms with van der Waals surface area (Å²) < 4.78 is 0.771. The standard InChI is InChI=1S/C22H31N7O3S4/c1-2-34-35-12-15(25)21(31)29-17(5-3-4-8-26-20(30)14(24)11-33)22(32)27-13-6-7-16-18(9-13)36-19(10-23)28-16/h6-7,9,14-15,17,33H,2-5,8,11-12,24-25H2,1H3,(H,26,30)(H,27,32)(H,29,31)/t14-,15-,17-/m0/s1. The molecule has 0 bridgehead atoms. The Hall–Kier alpha value is -2.02. The van der Waals surface area contributed by atoms with E-state index in [-0.39, 0.29) is 17.6 Å². The van der Waals surface area contributed by atoms with E-state index in [1.54, 1.807) is 29.0 Å². The SMILES string of the molecule is CCSSC[C@H](N)C(=O)N[C@@H](CCCCNC(=O)[C@@H](N)CS)C(=O)Nc1ccc2nc(C#N)sc2c1. The van der Waals surface area contributed by atoms with E-state index in [1.165, 1.54) is 22.1 Å². The third-order valence-electron chi connectivity index (χ3n) is 4.92. The molecule has 7 N–H and O–H groups in total. The van der Waals surface area contributed by atoms with Gasteiger partial charge < -0.3 is 27.4 Å². The topological polar surface area (TPSA) is 176 Å². The van der Waals surface area contributed by atoms with Crippen molar-refractivity contribution in [2.45, 2.75) is 44.3 Å². The zero-order chi connectivity index (χ0) is 26.5. The van der Waals surface area contributed by atoms with Crippen LogP contribution in [0.1, 0.15) is 31.2 Å². The number of nitriles is 1. The van der Waals surface area contributed by atoms with Gasteiger partial charge >= 0.3 is 0 Å². The van der Waals surface area contributed by atoms with Crippen molar-refractivity contribution in [1.82, 2.24) is 15.6 Å². The van der Waals surface area contributed by atoms with Crippen LogP contribution in [0.25, 0.3) is 10.2 Å². The van der Waals surface area contributed by atoms with Gasteiger partial charge in [0.15, 0.2) is 5.01 Å². The van der Waals surface area contributed by atoms with E-state index >= 15 is 0 Å². The van der Waals surface area contributed by atoms with Crippen LogP contribution in [0.3, 0.4) is 0 Å². The highest BCUT2D eigenvalue weighted by atomic mass is 33.1. The molecule has 0 aliphatic carbocycles. The molecular formula is C22H31N7O3S4. The largest absolute Gasteiger partial charge is 0.355 e. The quantitative estimate of drug-likeness (QED) is 0.106. The average molecular weight is 570 g/mol. The fourth-order valence-electron chi connectivity index (χ4n) is 3.01. The number of aromatic nitrogens is 1. The lowest BCUT2D eigenvalue weighted by molar-refractivity contribution is -0.127. The molecule has 0 fully saturated rings. The van der Waals surface area contributed by atoms with Gasteiger partial charge in [0.1, 0.15) is 12.1 Å². The highest BCUT2D eigenvalue weighted by molar-refractivity contribution is 8.76. The Morgan fingerprint density at radius 1 is 1.17 bits per heavy atom. The van der Waals surface area contributed by atoms with E-state index in [4.69, 9.17) is 16.7 Å². The van der Waals surface area contributed by atoms with Gasteiger partial charge in [0.05, 0.1) is 22.3 Å². The molecule has 196 valence electrons. The van der Waals surface area contributed by atoms with Crippen molar-refractivity contribution in [3.63, 3.8) is 0 Å². The summed E-state index contributed by atoms with van der Waals surface area (Å²) >= 11 is 5.24. The highest BCUT2D eigenvalue weighted by Gasteiger charge is 2.24. The van der Waals surface area contributed by atoms with Gasteiger partial charge in [-0.3, -0.25) is 14.4 Å². The van der Waals surface area contributed by atoms with Crippen molar-refractivity contribution < 1.29 is 14.4 Å². The highest BCUT2D eigenvalue weighted by Crippen LogP contribution is 2.25. The number of anilines is 1. The van der Waals surface area contributed by atoms with E-state index < -0.39 is 24.0 Å². The second-order valence-corrected chi connectivity index (χ2v) is 11.9. The predicted molar refractivity (Wildman–Crippen MR) is 152 cm³/mol. The number of carbonyl (C=O) groups excluding carboxylic acids is 3. The Labute approximate surface area is 227 Å². The molecule has 2 rings (SSSR count). The van der Waals surface area contributed by atoms with E-state index in [0.29, 0.717) is 47.8 Å². The lowest BCUT2D eigenvalue weighted by Crippen LogP contribution is -2.50. The third kappa shape index (κ3) is 9.79. The summed E-state index contributed by atoms with van der Waals surface area (Å²) in [5.74, 6) is 0.527. The number of thiazole rings is 1. The van der Waals surface area contributed by atoms with Gasteiger partial charge in [0.25, 0.3) is 0 Å². The molecule has 3 amide bonds. The normalized spacial score (nSPS) is 13.4. The third-order valence-corrected chi connectivity index (χ3v) is 8.75. The minimum Gasteiger partial charge on any atom is -0.355 e. The first kappa shape index (κ1) is 30.2. The van der Waals surface area contributed by atoms with E-state index in [9.17, 15) is 14.4 Å². The molecule has 2 aromatic rings. The number of thiol groups is 1. The van der Waals surface area contributed by atoms with Crippen LogP contribution < -0.4 is 27.4 Å². The van der Waals surface area contributed by atoms with Crippen molar-refractivity contribution in [3.05, 3.63) is 23.2 Å². The summed E-state index contributed by atoms with van der Waals surface area (Å²) in [6.07, 6.45) is 1.53. The average Bonchev–Trinajstić information content (AvgIpc) is 3.29. The molecule has 0 unspecified atom stereocenters. The molecule has 14 heteroatoms. The molecule has 0 radical (unpaired) electrons. The Bertz CT molecular complexity index is 1080. The molecule has 1 aromatic carbocycles. The first-order chi connectivity index (χ1) is 17.3. The van der Waals surface area contributed by atoms with Crippen molar-refractivity contribution in [2.24, 2.45) is 11.5 Å². The Morgan fingerprint density at radius 2 is 1.94 bits per heavy atom. The van der Waals surface area contributed by atoms with E-state index in [2.05, 4.69) is 33.6 Å². The van der Waals surface area contributed by atoms with Gasteiger partial charge in [-0.2, -0.15) is 17.9 Å². The molecule has 1 aromatic heterocycles. The van der Waals surface area contributed by atoms with Gasteiger partial charge in [-0.1, -0.05) is 28.5 Å². The minimum absolute atomic E-state index is 0.251. The molecular weight excluding hydrogens is 539 g/mol. The number of rotatable bonds is 15. The van der Waals surface area contributed by atoms with Crippen molar-refractivity contribution in [3.8, 4) is 6.07 Å². The van der Waals surface area contributed by atoms with Crippen molar-refractivity contribution in [2.75, 3.05) is 29.1 Å². The number of hydrogen-bond donors (Lipinski definition) is 6. The minimum atomic E-state index is -0.811. The Morgan fingerprint density at radius 3 is 2.64 bits per heavy atom. The molecule has 0 spiro atoms. The van der Waals surface area contributed by atoms with Crippen molar-refractivity contribution >= 4 is 79.2 Å². The molecule has 10 nitrogen and oxygen atoms in total. The second kappa shape index (κ2) is 16.0. The van der Waals surface area contributed by atoms with Gasteiger partial charge in [0.2, 0.25) is 17.7 Å².